The molecule has 0 bridgehead atoms. The molecule has 2 aromatic carbocycles. The molecule has 5 heteroatoms. The van der Waals surface area contributed by atoms with Crippen LogP contribution in [0.4, 0.5) is 0 Å². The molecule has 0 fully saturated rings. The van der Waals surface area contributed by atoms with Gasteiger partial charge in [-0.1, -0.05) is 41.4 Å². The fourth-order valence-corrected chi connectivity index (χ4v) is 2.61. The van der Waals surface area contributed by atoms with E-state index in [1.807, 2.05) is 18.2 Å². The van der Waals surface area contributed by atoms with Gasteiger partial charge in [0.05, 0.1) is 16.7 Å². The Morgan fingerprint density at radius 1 is 1.14 bits per heavy atom. The van der Waals surface area contributed by atoms with Crippen LogP contribution < -0.4 is 10.5 Å². The largest absolute Gasteiger partial charge is 0.487 e. The van der Waals surface area contributed by atoms with Gasteiger partial charge in [0.2, 0.25) is 0 Å². The molecule has 0 saturated heterocycles. The predicted molar refractivity (Wildman–Crippen MR) is 84.7 cm³/mol. The van der Waals surface area contributed by atoms with E-state index in [0.717, 1.165) is 11.1 Å². The zero-order chi connectivity index (χ0) is 15.2. The number of ether oxygens (including phenoxy) is 1. The lowest BCUT2D eigenvalue weighted by molar-refractivity contribution is 0.303. The number of benzene rings is 2. The van der Waals surface area contributed by atoms with Crippen molar-refractivity contribution < 1.29 is 4.74 Å². The minimum Gasteiger partial charge on any atom is -0.487 e. The Morgan fingerprint density at radius 3 is 2.62 bits per heavy atom. The van der Waals surface area contributed by atoms with E-state index in [1.54, 1.807) is 18.2 Å². The first-order valence-electron chi connectivity index (χ1n) is 6.44. The van der Waals surface area contributed by atoms with Gasteiger partial charge in [0.15, 0.2) is 0 Å². The van der Waals surface area contributed by atoms with E-state index < -0.39 is 0 Å². The number of hydrogen-bond donors (Lipinski definition) is 1. The third-order valence-electron chi connectivity index (χ3n) is 3.01. The molecule has 0 unspecified atom stereocenters. The van der Waals surface area contributed by atoms with E-state index in [4.69, 9.17) is 38.9 Å². The third-order valence-corrected chi connectivity index (χ3v) is 3.51. The van der Waals surface area contributed by atoms with E-state index in [-0.39, 0.29) is 6.61 Å². The average Bonchev–Trinajstić information content (AvgIpc) is 2.47. The first-order chi connectivity index (χ1) is 10.2. The number of halogens is 2. The molecule has 0 atom stereocenters. The molecule has 21 heavy (non-hydrogen) atoms. The van der Waals surface area contributed by atoms with Crippen LogP contribution in [0.2, 0.25) is 10.0 Å². The summed E-state index contributed by atoms with van der Waals surface area (Å²) in [6.45, 7) is 0.741. The van der Waals surface area contributed by atoms with Gasteiger partial charge in [-0.15, -0.1) is 0 Å². The number of nitrogens with zero attached hydrogens (tertiary/aromatic N) is 1. The Balaban J connectivity index is 2.26. The molecule has 2 aromatic rings. The molecule has 2 N–H and O–H groups in total. The number of hydrogen-bond acceptors (Lipinski definition) is 3. The molecule has 0 saturated carbocycles. The maximum atomic E-state index is 9.08. The van der Waals surface area contributed by atoms with E-state index in [0.29, 0.717) is 34.3 Å². The van der Waals surface area contributed by atoms with Crippen molar-refractivity contribution in [2.45, 2.75) is 13.0 Å². The highest BCUT2D eigenvalue weighted by Crippen LogP contribution is 2.33. The summed E-state index contributed by atoms with van der Waals surface area (Å²) in [5.74, 6) is 0.569. The molecule has 0 radical (unpaired) electrons. The van der Waals surface area contributed by atoms with Crippen molar-refractivity contribution in [3.8, 4) is 11.8 Å². The van der Waals surface area contributed by atoms with Crippen LogP contribution in [0.15, 0.2) is 36.4 Å². The van der Waals surface area contributed by atoms with Crippen molar-refractivity contribution in [3.63, 3.8) is 0 Å². The van der Waals surface area contributed by atoms with E-state index in [1.165, 1.54) is 0 Å². The third kappa shape index (κ3) is 3.89. The molecule has 0 aliphatic heterocycles. The lowest BCUT2D eigenvalue weighted by atomic mass is 10.1. The Labute approximate surface area is 133 Å². The Morgan fingerprint density at radius 2 is 1.90 bits per heavy atom. The van der Waals surface area contributed by atoms with Crippen LogP contribution in [0, 0.1) is 11.3 Å². The molecule has 0 spiro atoms. The zero-order valence-electron chi connectivity index (χ0n) is 11.3. The molecular weight excluding hydrogens is 307 g/mol. The molecule has 2 rings (SSSR count). The van der Waals surface area contributed by atoms with Gasteiger partial charge >= 0.3 is 0 Å². The Hall–Kier alpha value is -1.73. The van der Waals surface area contributed by atoms with Crippen LogP contribution in [0.1, 0.15) is 16.7 Å². The van der Waals surface area contributed by atoms with Gasteiger partial charge < -0.3 is 10.5 Å². The van der Waals surface area contributed by atoms with E-state index in [9.17, 15) is 0 Å². The second kappa shape index (κ2) is 7.33. The second-order valence-electron chi connectivity index (χ2n) is 4.47. The topological polar surface area (TPSA) is 59.0 Å². The molecule has 0 heterocycles. The van der Waals surface area contributed by atoms with Crippen molar-refractivity contribution in [1.29, 1.82) is 5.26 Å². The summed E-state index contributed by atoms with van der Waals surface area (Å²) in [5, 5.41) is 10.1. The van der Waals surface area contributed by atoms with Crippen LogP contribution in [0.5, 0.6) is 5.75 Å². The summed E-state index contributed by atoms with van der Waals surface area (Å²) < 4.78 is 5.81. The number of nitriles is 1. The van der Waals surface area contributed by atoms with Crippen LogP contribution >= 0.6 is 23.2 Å². The van der Waals surface area contributed by atoms with Gasteiger partial charge in [0.25, 0.3) is 0 Å². The molecule has 0 aromatic heterocycles. The summed E-state index contributed by atoms with van der Waals surface area (Å²) >= 11 is 12.2. The minimum atomic E-state index is 0.267. The molecule has 0 aliphatic carbocycles. The van der Waals surface area contributed by atoms with Crippen LogP contribution in [0.25, 0.3) is 0 Å². The maximum absolute atomic E-state index is 9.08. The minimum absolute atomic E-state index is 0.267. The normalized spacial score (nSPS) is 10.2. The zero-order valence-corrected chi connectivity index (χ0v) is 12.8. The predicted octanol–water partition coefficient (Wildman–Crippen LogP) is 3.95. The average molecular weight is 321 g/mol. The quantitative estimate of drug-likeness (QED) is 0.907. The van der Waals surface area contributed by atoms with Crippen molar-refractivity contribution in [3.05, 3.63) is 63.1 Å². The Bertz CT molecular complexity index is 680. The monoisotopic (exact) mass is 320 g/mol. The Kier molecular flexibility index (Phi) is 5.46. The standard InChI is InChI=1S/C16H14Cl2N2O/c17-14-7-11(5-6-19)16(15(18)8-14)21-10-13-4-2-1-3-12(13)9-20/h1-4,7-8H,5-6,10,19H2. The van der Waals surface area contributed by atoms with Crippen molar-refractivity contribution in [2.75, 3.05) is 6.54 Å². The highest BCUT2D eigenvalue weighted by molar-refractivity contribution is 6.35. The fourth-order valence-electron chi connectivity index (χ4n) is 2.02. The van der Waals surface area contributed by atoms with Gasteiger partial charge in [-0.3, -0.25) is 0 Å². The van der Waals surface area contributed by atoms with Gasteiger partial charge in [0, 0.05) is 10.6 Å². The molecule has 0 amide bonds. The van der Waals surface area contributed by atoms with Crippen LogP contribution in [-0.2, 0) is 13.0 Å². The van der Waals surface area contributed by atoms with Crippen LogP contribution in [-0.4, -0.2) is 6.54 Å². The summed E-state index contributed by atoms with van der Waals surface area (Å²) in [5.41, 5.74) is 7.86. The molecule has 0 aliphatic rings. The van der Waals surface area contributed by atoms with Crippen LogP contribution in [0.3, 0.4) is 0 Å². The van der Waals surface area contributed by atoms with Gasteiger partial charge in [-0.2, -0.15) is 5.26 Å². The van der Waals surface area contributed by atoms with Crippen molar-refractivity contribution in [1.82, 2.24) is 0 Å². The molecular formula is C16H14Cl2N2O. The fraction of sp³-hybridized carbons (Fsp3) is 0.188. The molecule has 3 nitrogen and oxygen atoms in total. The number of rotatable bonds is 5. The van der Waals surface area contributed by atoms with Crippen molar-refractivity contribution in [2.24, 2.45) is 5.73 Å². The van der Waals surface area contributed by atoms with E-state index >= 15 is 0 Å². The summed E-state index contributed by atoms with van der Waals surface area (Å²) in [6.07, 6.45) is 0.621. The first-order valence-corrected chi connectivity index (χ1v) is 7.20. The van der Waals surface area contributed by atoms with Gasteiger partial charge in [-0.25, -0.2) is 0 Å². The lowest BCUT2D eigenvalue weighted by Gasteiger charge is -2.14. The van der Waals surface area contributed by atoms with Crippen molar-refractivity contribution >= 4 is 23.2 Å². The summed E-state index contributed by atoms with van der Waals surface area (Å²) in [7, 11) is 0. The lowest BCUT2D eigenvalue weighted by Crippen LogP contribution is -2.06. The smallest absolute Gasteiger partial charge is 0.141 e. The number of nitrogens with two attached hydrogens (primary N) is 1. The van der Waals surface area contributed by atoms with Gasteiger partial charge in [0.1, 0.15) is 12.4 Å². The first kappa shape index (κ1) is 15.7. The van der Waals surface area contributed by atoms with Gasteiger partial charge in [-0.05, 0) is 36.7 Å². The second-order valence-corrected chi connectivity index (χ2v) is 5.32. The SMILES string of the molecule is N#Cc1ccccc1COc1c(Cl)cc(Cl)cc1CCN. The summed E-state index contributed by atoms with van der Waals surface area (Å²) in [6, 6.07) is 12.9. The highest BCUT2D eigenvalue weighted by Gasteiger charge is 2.11. The highest BCUT2D eigenvalue weighted by atomic mass is 35.5. The summed E-state index contributed by atoms with van der Waals surface area (Å²) in [4.78, 5) is 0. The van der Waals surface area contributed by atoms with E-state index in [2.05, 4.69) is 6.07 Å². The molecule has 108 valence electrons. The maximum Gasteiger partial charge on any atom is 0.141 e.